The van der Waals surface area contributed by atoms with Crippen molar-refractivity contribution in [2.75, 3.05) is 47.4 Å². The normalized spacial score (nSPS) is 11.6. The molecule has 0 aliphatic rings. The van der Waals surface area contributed by atoms with Gasteiger partial charge in [0, 0.05) is 40.9 Å². The van der Waals surface area contributed by atoms with E-state index >= 15 is 0 Å². The Balaban J connectivity index is 4.22. The first-order valence-electron chi connectivity index (χ1n) is 6.68. The van der Waals surface area contributed by atoms with E-state index in [1.807, 2.05) is 0 Å². The van der Waals surface area contributed by atoms with E-state index in [9.17, 15) is 4.79 Å². The molecule has 0 heterocycles. The highest BCUT2D eigenvalue weighted by atomic mass is 16.5. The maximum Gasteiger partial charge on any atom is 0.243 e. The Hall–Kier alpha value is -1.30. The van der Waals surface area contributed by atoms with Gasteiger partial charge in [0.05, 0.1) is 0 Å². The van der Waals surface area contributed by atoms with Gasteiger partial charge < -0.3 is 20.3 Å². The molecule has 0 radical (unpaired) electrons. The van der Waals surface area contributed by atoms with Gasteiger partial charge in [-0.05, 0) is 12.3 Å². The van der Waals surface area contributed by atoms with Crippen LogP contribution in [0.15, 0.2) is 4.99 Å². The Morgan fingerprint density at radius 3 is 2.53 bits per heavy atom. The van der Waals surface area contributed by atoms with E-state index < -0.39 is 0 Å². The van der Waals surface area contributed by atoms with Crippen molar-refractivity contribution in [2.45, 2.75) is 20.3 Å². The van der Waals surface area contributed by atoms with E-state index in [4.69, 9.17) is 4.74 Å². The van der Waals surface area contributed by atoms with Crippen molar-refractivity contribution in [1.29, 1.82) is 0 Å². The van der Waals surface area contributed by atoms with Crippen LogP contribution in [0, 0.1) is 5.92 Å². The van der Waals surface area contributed by atoms with E-state index in [0.717, 1.165) is 19.5 Å². The van der Waals surface area contributed by atoms with Gasteiger partial charge in [-0.3, -0.25) is 4.79 Å². The quantitative estimate of drug-likeness (QED) is 0.379. The lowest BCUT2D eigenvalue weighted by Gasteiger charge is -2.14. The number of methoxy groups -OCH3 is 1. The molecular formula is C13H28N4O2. The van der Waals surface area contributed by atoms with Crippen molar-refractivity contribution in [2.24, 2.45) is 10.9 Å². The number of guanidine groups is 1. The van der Waals surface area contributed by atoms with Crippen LogP contribution in [-0.4, -0.2) is 64.2 Å². The van der Waals surface area contributed by atoms with Crippen LogP contribution in [0.1, 0.15) is 20.3 Å². The standard InChI is InChI=1S/C13H28N4O2/c1-11(2)9-15-13(14-7-6-8-19-5)16-10-12(18)17(3)4/h11H,6-10H2,1-5H3,(H2,14,15,16). The minimum Gasteiger partial charge on any atom is -0.385 e. The number of hydrogen-bond donors (Lipinski definition) is 2. The molecule has 112 valence electrons. The van der Waals surface area contributed by atoms with Gasteiger partial charge in [0.2, 0.25) is 5.91 Å². The fourth-order valence-corrected chi connectivity index (χ4v) is 1.19. The van der Waals surface area contributed by atoms with E-state index in [1.165, 1.54) is 4.90 Å². The third kappa shape index (κ3) is 10.3. The molecule has 6 nitrogen and oxygen atoms in total. The Morgan fingerprint density at radius 1 is 1.32 bits per heavy atom. The summed E-state index contributed by atoms with van der Waals surface area (Å²) < 4.78 is 4.99. The first-order valence-corrected chi connectivity index (χ1v) is 6.68. The highest BCUT2D eigenvalue weighted by molar-refractivity contribution is 5.84. The summed E-state index contributed by atoms with van der Waals surface area (Å²) in [4.78, 5) is 17.3. The fourth-order valence-electron chi connectivity index (χ4n) is 1.19. The van der Waals surface area contributed by atoms with Crippen LogP contribution >= 0.6 is 0 Å². The molecule has 0 atom stereocenters. The summed E-state index contributed by atoms with van der Waals surface area (Å²) in [5.74, 6) is 1.19. The summed E-state index contributed by atoms with van der Waals surface area (Å²) in [6, 6.07) is 0. The number of nitrogens with zero attached hydrogens (tertiary/aromatic N) is 2. The maximum atomic E-state index is 11.5. The fraction of sp³-hybridized carbons (Fsp3) is 0.846. The van der Waals surface area contributed by atoms with Gasteiger partial charge in [-0.1, -0.05) is 13.8 Å². The van der Waals surface area contributed by atoms with Crippen LogP contribution in [-0.2, 0) is 9.53 Å². The molecule has 0 spiro atoms. The van der Waals surface area contributed by atoms with Crippen molar-refractivity contribution >= 4 is 11.9 Å². The minimum absolute atomic E-state index is 0.0115. The largest absolute Gasteiger partial charge is 0.385 e. The summed E-state index contributed by atoms with van der Waals surface area (Å²) in [7, 11) is 5.14. The number of aliphatic imine (C=N–C) groups is 1. The van der Waals surface area contributed by atoms with Crippen molar-refractivity contribution < 1.29 is 9.53 Å². The third-order valence-corrected chi connectivity index (χ3v) is 2.37. The molecule has 0 rings (SSSR count). The van der Waals surface area contributed by atoms with E-state index in [-0.39, 0.29) is 12.5 Å². The molecule has 2 N–H and O–H groups in total. The predicted octanol–water partition coefficient (Wildman–Crippen LogP) is 0.302. The summed E-state index contributed by atoms with van der Waals surface area (Å²) in [5.41, 5.74) is 0. The van der Waals surface area contributed by atoms with Crippen LogP contribution < -0.4 is 10.6 Å². The van der Waals surface area contributed by atoms with Gasteiger partial charge in [-0.25, -0.2) is 4.99 Å². The zero-order chi connectivity index (χ0) is 14.7. The van der Waals surface area contributed by atoms with Gasteiger partial charge in [0.25, 0.3) is 0 Å². The first kappa shape index (κ1) is 17.7. The molecule has 0 aromatic rings. The van der Waals surface area contributed by atoms with Gasteiger partial charge in [-0.2, -0.15) is 0 Å². The third-order valence-electron chi connectivity index (χ3n) is 2.37. The summed E-state index contributed by atoms with van der Waals surface area (Å²) in [5, 5.41) is 6.41. The van der Waals surface area contributed by atoms with Crippen LogP contribution in [0.25, 0.3) is 0 Å². The number of hydrogen-bond acceptors (Lipinski definition) is 3. The summed E-state index contributed by atoms with van der Waals surface area (Å²) in [6.45, 7) is 6.72. The number of rotatable bonds is 8. The first-order chi connectivity index (χ1) is 8.97. The molecule has 6 heteroatoms. The highest BCUT2D eigenvalue weighted by Gasteiger charge is 2.04. The minimum atomic E-state index is -0.0115. The average molecular weight is 272 g/mol. The second-order valence-corrected chi connectivity index (χ2v) is 5.00. The SMILES string of the molecule is COCCCNC(=NCC(=O)N(C)C)NCC(C)C. The molecule has 0 unspecified atom stereocenters. The van der Waals surface area contributed by atoms with Crippen LogP contribution in [0.4, 0.5) is 0 Å². The number of ether oxygens (including phenoxy) is 1. The van der Waals surface area contributed by atoms with Crippen LogP contribution in [0.2, 0.25) is 0 Å². The predicted molar refractivity (Wildman–Crippen MR) is 78.3 cm³/mol. The number of carbonyl (C=O) groups excluding carboxylic acids is 1. The smallest absolute Gasteiger partial charge is 0.243 e. The summed E-state index contributed by atoms with van der Waals surface area (Å²) >= 11 is 0. The Labute approximate surface area is 116 Å². The lowest BCUT2D eigenvalue weighted by Crippen LogP contribution is -2.40. The Morgan fingerprint density at radius 2 is 2.00 bits per heavy atom. The molecular weight excluding hydrogens is 244 g/mol. The Kier molecular flexibility index (Phi) is 9.88. The number of amides is 1. The van der Waals surface area contributed by atoms with Gasteiger partial charge in [0.1, 0.15) is 6.54 Å². The highest BCUT2D eigenvalue weighted by Crippen LogP contribution is 1.88. The number of carbonyl (C=O) groups is 1. The zero-order valence-corrected chi connectivity index (χ0v) is 12.8. The lowest BCUT2D eigenvalue weighted by atomic mass is 10.2. The monoisotopic (exact) mass is 272 g/mol. The molecule has 0 aliphatic carbocycles. The van der Waals surface area contributed by atoms with Crippen molar-refractivity contribution in [3.8, 4) is 0 Å². The van der Waals surface area contributed by atoms with E-state index in [2.05, 4.69) is 29.5 Å². The number of nitrogens with one attached hydrogen (secondary N) is 2. The molecule has 0 fully saturated rings. The zero-order valence-electron chi connectivity index (χ0n) is 12.8. The van der Waals surface area contributed by atoms with E-state index in [1.54, 1.807) is 21.2 Å². The van der Waals surface area contributed by atoms with Crippen LogP contribution in [0.5, 0.6) is 0 Å². The molecule has 0 saturated carbocycles. The maximum absolute atomic E-state index is 11.5. The van der Waals surface area contributed by atoms with Crippen molar-refractivity contribution in [1.82, 2.24) is 15.5 Å². The Bertz CT molecular complexity index is 278. The van der Waals surface area contributed by atoms with Gasteiger partial charge >= 0.3 is 0 Å². The number of likely N-dealkylation sites (N-methyl/N-ethyl adjacent to an activating group) is 1. The molecule has 0 aliphatic heterocycles. The molecule has 19 heavy (non-hydrogen) atoms. The average Bonchev–Trinajstić information content (AvgIpc) is 2.35. The lowest BCUT2D eigenvalue weighted by molar-refractivity contribution is -0.127. The molecule has 0 saturated heterocycles. The van der Waals surface area contributed by atoms with E-state index in [0.29, 0.717) is 18.5 Å². The second-order valence-electron chi connectivity index (χ2n) is 5.00. The van der Waals surface area contributed by atoms with Gasteiger partial charge in [-0.15, -0.1) is 0 Å². The van der Waals surface area contributed by atoms with Gasteiger partial charge in [0.15, 0.2) is 5.96 Å². The molecule has 1 amide bonds. The van der Waals surface area contributed by atoms with Crippen molar-refractivity contribution in [3.05, 3.63) is 0 Å². The molecule has 0 aromatic heterocycles. The second kappa shape index (κ2) is 10.6. The summed E-state index contributed by atoms with van der Waals surface area (Å²) in [6.07, 6.45) is 0.903. The topological polar surface area (TPSA) is 66.0 Å². The molecule has 0 aromatic carbocycles. The van der Waals surface area contributed by atoms with Crippen molar-refractivity contribution in [3.63, 3.8) is 0 Å². The molecule has 0 bridgehead atoms. The van der Waals surface area contributed by atoms with Crippen LogP contribution in [0.3, 0.4) is 0 Å².